The second kappa shape index (κ2) is 4.45. The first kappa shape index (κ1) is 11.5. The molecular formula is C12H16BrN3. The zero-order valence-electron chi connectivity index (χ0n) is 9.57. The lowest BCUT2D eigenvalue weighted by Gasteiger charge is -2.16. The fourth-order valence-electron chi connectivity index (χ4n) is 2.13. The lowest BCUT2D eigenvalue weighted by atomic mass is 10.1. The molecule has 0 saturated carbocycles. The monoisotopic (exact) mass is 281 g/mol. The Morgan fingerprint density at radius 1 is 1.38 bits per heavy atom. The number of nitrogens with two attached hydrogens (primary N) is 1. The van der Waals surface area contributed by atoms with Crippen molar-refractivity contribution >= 4 is 32.9 Å². The summed E-state index contributed by atoms with van der Waals surface area (Å²) in [5.41, 5.74) is 8.07. The van der Waals surface area contributed by atoms with E-state index in [1.807, 2.05) is 12.1 Å². The van der Waals surface area contributed by atoms with Crippen molar-refractivity contribution in [2.75, 3.05) is 5.73 Å². The molecule has 0 radical (unpaired) electrons. The van der Waals surface area contributed by atoms with Crippen molar-refractivity contribution in [3.63, 3.8) is 0 Å². The number of anilines is 1. The molecule has 0 bridgehead atoms. The smallest absolute Gasteiger partial charge is 0.201 e. The number of rotatable bonds is 3. The molecule has 2 aromatic rings. The van der Waals surface area contributed by atoms with E-state index < -0.39 is 0 Å². The summed E-state index contributed by atoms with van der Waals surface area (Å²) in [5.74, 6) is 0.613. The second-order valence-electron chi connectivity index (χ2n) is 3.94. The molecule has 2 rings (SSSR count). The highest BCUT2D eigenvalue weighted by Gasteiger charge is 2.14. The maximum absolute atomic E-state index is 5.99. The summed E-state index contributed by atoms with van der Waals surface area (Å²) in [6.07, 6.45) is 2.14. The minimum Gasteiger partial charge on any atom is -0.369 e. The van der Waals surface area contributed by atoms with Gasteiger partial charge in [0, 0.05) is 10.5 Å². The maximum atomic E-state index is 5.99. The Bertz CT molecular complexity index is 500. The van der Waals surface area contributed by atoms with E-state index in [9.17, 15) is 0 Å². The number of nitrogen functional groups attached to an aromatic ring is 1. The van der Waals surface area contributed by atoms with Crippen LogP contribution in [0.25, 0.3) is 11.0 Å². The number of aromatic nitrogens is 2. The standard InChI is InChI=1S/C12H16BrN3/c1-3-9(4-2)16-11-6-5-8(13)7-10(11)15-12(16)14/h5-7,9H,3-4H2,1-2H3,(H2,14,15). The predicted octanol–water partition coefficient (Wildman–Crippen LogP) is 3.74. The molecule has 0 unspecified atom stereocenters. The van der Waals surface area contributed by atoms with E-state index in [2.05, 4.69) is 45.4 Å². The quantitative estimate of drug-likeness (QED) is 0.931. The Morgan fingerprint density at radius 2 is 2.06 bits per heavy atom. The predicted molar refractivity (Wildman–Crippen MR) is 71.5 cm³/mol. The van der Waals surface area contributed by atoms with Crippen LogP contribution in [0.3, 0.4) is 0 Å². The van der Waals surface area contributed by atoms with Crippen LogP contribution >= 0.6 is 15.9 Å². The summed E-state index contributed by atoms with van der Waals surface area (Å²) in [5, 5.41) is 0. The minimum absolute atomic E-state index is 0.436. The first-order valence-corrected chi connectivity index (χ1v) is 6.39. The third-order valence-electron chi connectivity index (χ3n) is 2.99. The van der Waals surface area contributed by atoms with Crippen LogP contribution in [0.2, 0.25) is 0 Å². The number of fused-ring (bicyclic) bond motifs is 1. The van der Waals surface area contributed by atoms with Crippen molar-refractivity contribution in [3.8, 4) is 0 Å². The second-order valence-corrected chi connectivity index (χ2v) is 4.86. The lowest BCUT2D eigenvalue weighted by molar-refractivity contribution is 0.489. The van der Waals surface area contributed by atoms with Gasteiger partial charge in [-0.2, -0.15) is 0 Å². The topological polar surface area (TPSA) is 43.8 Å². The summed E-state index contributed by atoms with van der Waals surface area (Å²) in [6, 6.07) is 6.54. The lowest BCUT2D eigenvalue weighted by Crippen LogP contribution is -2.10. The van der Waals surface area contributed by atoms with Gasteiger partial charge < -0.3 is 10.3 Å². The molecule has 0 saturated heterocycles. The average Bonchev–Trinajstić information content (AvgIpc) is 2.57. The Kier molecular flexibility index (Phi) is 3.19. The molecule has 0 aliphatic carbocycles. The molecule has 1 heterocycles. The molecule has 0 aliphatic heterocycles. The van der Waals surface area contributed by atoms with Crippen molar-refractivity contribution in [2.45, 2.75) is 32.7 Å². The van der Waals surface area contributed by atoms with E-state index >= 15 is 0 Å². The molecule has 16 heavy (non-hydrogen) atoms. The molecule has 0 spiro atoms. The summed E-state index contributed by atoms with van der Waals surface area (Å²) >= 11 is 3.45. The van der Waals surface area contributed by atoms with Crippen molar-refractivity contribution in [1.82, 2.24) is 9.55 Å². The molecule has 2 N–H and O–H groups in total. The Balaban J connectivity index is 2.64. The van der Waals surface area contributed by atoms with Crippen LogP contribution < -0.4 is 5.73 Å². The molecule has 3 nitrogen and oxygen atoms in total. The van der Waals surface area contributed by atoms with Gasteiger partial charge in [0.05, 0.1) is 11.0 Å². The van der Waals surface area contributed by atoms with Gasteiger partial charge >= 0.3 is 0 Å². The maximum Gasteiger partial charge on any atom is 0.201 e. The molecule has 0 amide bonds. The molecule has 0 aliphatic rings. The largest absolute Gasteiger partial charge is 0.369 e. The van der Waals surface area contributed by atoms with E-state index in [0.29, 0.717) is 12.0 Å². The van der Waals surface area contributed by atoms with Gasteiger partial charge in [-0.3, -0.25) is 0 Å². The first-order valence-electron chi connectivity index (χ1n) is 5.60. The first-order chi connectivity index (χ1) is 7.67. The van der Waals surface area contributed by atoms with Gasteiger partial charge in [-0.25, -0.2) is 4.98 Å². The molecule has 0 fully saturated rings. The molecule has 1 aromatic heterocycles. The van der Waals surface area contributed by atoms with Gasteiger partial charge in [0.25, 0.3) is 0 Å². The van der Waals surface area contributed by atoms with Crippen molar-refractivity contribution in [3.05, 3.63) is 22.7 Å². The van der Waals surface area contributed by atoms with Crippen LogP contribution in [-0.2, 0) is 0 Å². The van der Waals surface area contributed by atoms with E-state index in [0.717, 1.165) is 28.3 Å². The highest BCUT2D eigenvalue weighted by molar-refractivity contribution is 9.10. The summed E-state index contributed by atoms with van der Waals surface area (Å²) < 4.78 is 3.18. The van der Waals surface area contributed by atoms with Crippen molar-refractivity contribution in [1.29, 1.82) is 0 Å². The molecule has 86 valence electrons. The average molecular weight is 282 g/mol. The van der Waals surface area contributed by atoms with E-state index in [1.165, 1.54) is 0 Å². The van der Waals surface area contributed by atoms with Crippen LogP contribution in [0.4, 0.5) is 5.95 Å². The van der Waals surface area contributed by atoms with Crippen LogP contribution in [0.5, 0.6) is 0 Å². The molecule has 0 atom stereocenters. The molecule has 1 aromatic carbocycles. The number of hydrogen-bond donors (Lipinski definition) is 1. The number of benzene rings is 1. The van der Waals surface area contributed by atoms with E-state index in [-0.39, 0.29) is 0 Å². The van der Waals surface area contributed by atoms with Gasteiger partial charge in [0.2, 0.25) is 5.95 Å². The van der Waals surface area contributed by atoms with E-state index in [1.54, 1.807) is 0 Å². The number of halogens is 1. The highest BCUT2D eigenvalue weighted by Crippen LogP contribution is 2.28. The molecular weight excluding hydrogens is 266 g/mol. The number of imidazole rings is 1. The fraction of sp³-hybridized carbons (Fsp3) is 0.417. The van der Waals surface area contributed by atoms with Crippen LogP contribution in [0, 0.1) is 0 Å². The van der Waals surface area contributed by atoms with Crippen molar-refractivity contribution in [2.24, 2.45) is 0 Å². The fourth-order valence-corrected chi connectivity index (χ4v) is 2.48. The normalized spacial score (nSPS) is 11.5. The van der Waals surface area contributed by atoms with Gasteiger partial charge in [-0.1, -0.05) is 29.8 Å². The Labute approximate surface area is 104 Å². The van der Waals surface area contributed by atoms with Crippen molar-refractivity contribution < 1.29 is 0 Å². The Hall–Kier alpha value is -1.03. The van der Waals surface area contributed by atoms with Gasteiger partial charge in [0.15, 0.2) is 0 Å². The number of nitrogens with zero attached hydrogens (tertiary/aromatic N) is 2. The van der Waals surface area contributed by atoms with Crippen LogP contribution in [0.15, 0.2) is 22.7 Å². The Morgan fingerprint density at radius 3 is 2.69 bits per heavy atom. The summed E-state index contributed by atoms with van der Waals surface area (Å²) in [6.45, 7) is 4.36. The number of hydrogen-bond acceptors (Lipinski definition) is 2. The third-order valence-corrected chi connectivity index (χ3v) is 3.48. The highest BCUT2D eigenvalue weighted by atomic mass is 79.9. The zero-order valence-corrected chi connectivity index (χ0v) is 11.2. The van der Waals surface area contributed by atoms with Gasteiger partial charge in [-0.15, -0.1) is 0 Å². The minimum atomic E-state index is 0.436. The van der Waals surface area contributed by atoms with Crippen LogP contribution in [-0.4, -0.2) is 9.55 Å². The summed E-state index contributed by atoms with van der Waals surface area (Å²) in [4.78, 5) is 4.40. The van der Waals surface area contributed by atoms with Gasteiger partial charge in [0.1, 0.15) is 0 Å². The SMILES string of the molecule is CCC(CC)n1c(N)nc2cc(Br)ccc21. The van der Waals surface area contributed by atoms with Crippen LogP contribution in [0.1, 0.15) is 32.7 Å². The zero-order chi connectivity index (χ0) is 11.7. The third kappa shape index (κ3) is 1.82. The summed E-state index contributed by atoms with van der Waals surface area (Å²) in [7, 11) is 0. The van der Waals surface area contributed by atoms with E-state index in [4.69, 9.17) is 5.73 Å². The van der Waals surface area contributed by atoms with Gasteiger partial charge in [-0.05, 0) is 31.0 Å². The molecule has 4 heteroatoms.